The normalized spacial score (nSPS) is 21.1. The largest absolute Gasteiger partial charge is 0.331 e. The molecular weight excluding hydrogens is 304 g/mol. The molecular formula is C15H13ClN4O2. The van der Waals surface area contributed by atoms with Gasteiger partial charge in [-0.05, 0) is 36.2 Å². The van der Waals surface area contributed by atoms with Crippen molar-refractivity contribution in [3.05, 3.63) is 53.2 Å². The highest BCUT2D eigenvalue weighted by atomic mass is 35.5. The van der Waals surface area contributed by atoms with Crippen molar-refractivity contribution < 1.29 is 9.59 Å². The molecule has 1 atom stereocenters. The van der Waals surface area contributed by atoms with Crippen LogP contribution in [0.5, 0.6) is 0 Å². The maximum Gasteiger partial charge on any atom is 0.331 e. The van der Waals surface area contributed by atoms with Crippen LogP contribution in [0.25, 0.3) is 0 Å². The molecule has 112 valence electrons. The molecule has 22 heavy (non-hydrogen) atoms. The van der Waals surface area contributed by atoms with Gasteiger partial charge in [0.25, 0.3) is 5.91 Å². The fourth-order valence-electron chi connectivity index (χ4n) is 2.57. The van der Waals surface area contributed by atoms with Crippen molar-refractivity contribution in [2.24, 2.45) is 0 Å². The van der Waals surface area contributed by atoms with Crippen molar-refractivity contribution in [3.8, 4) is 0 Å². The van der Waals surface area contributed by atoms with Crippen LogP contribution in [0.15, 0.2) is 42.6 Å². The monoisotopic (exact) mass is 316 g/mol. The molecule has 2 heterocycles. The third-order valence-electron chi connectivity index (χ3n) is 3.75. The van der Waals surface area contributed by atoms with E-state index in [0.717, 1.165) is 4.90 Å². The predicted molar refractivity (Wildman–Crippen MR) is 81.5 cm³/mol. The van der Waals surface area contributed by atoms with Crippen LogP contribution in [0.1, 0.15) is 18.9 Å². The highest BCUT2D eigenvalue weighted by Gasteiger charge is 2.52. The number of benzene rings is 1. The highest BCUT2D eigenvalue weighted by Crippen LogP contribution is 2.34. The van der Waals surface area contributed by atoms with E-state index in [2.05, 4.69) is 15.5 Å². The van der Waals surface area contributed by atoms with Gasteiger partial charge in [0.05, 0.1) is 0 Å². The number of urea groups is 1. The third kappa shape index (κ3) is 2.12. The van der Waals surface area contributed by atoms with Gasteiger partial charge in [-0.2, -0.15) is 5.10 Å². The first-order chi connectivity index (χ1) is 10.6. The Morgan fingerprint density at radius 3 is 2.55 bits per heavy atom. The van der Waals surface area contributed by atoms with E-state index in [1.807, 2.05) is 6.92 Å². The molecule has 6 nitrogen and oxygen atoms in total. The highest BCUT2D eigenvalue weighted by molar-refractivity contribution is 6.30. The van der Waals surface area contributed by atoms with Crippen LogP contribution >= 0.6 is 11.6 Å². The van der Waals surface area contributed by atoms with E-state index in [1.54, 1.807) is 36.4 Å². The maximum absolute atomic E-state index is 12.9. The Labute approximate surface area is 132 Å². The van der Waals surface area contributed by atoms with Gasteiger partial charge < -0.3 is 5.32 Å². The summed E-state index contributed by atoms with van der Waals surface area (Å²) in [6.45, 7) is 1.84. The Balaban J connectivity index is 2.06. The molecule has 3 rings (SSSR count). The van der Waals surface area contributed by atoms with Crippen LogP contribution in [-0.2, 0) is 10.3 Å². The minimum atomic E-state index is -1.11. The number of hydrogen-bond donors (Lipinski definition) is 1. The van der Waals surface area contributed by atoms with Crippen molar-refractivity contribution in [2.45, 2.75) is 18.9 Å². The average Bonchev–Trinajstić information content (AvgIpc) is 2.80. The lowest BCUT2D eigenvalue weighted by molar-refractivity contribution is -0.122. The Morgan fingerprint density at radius 2 is 1.95 bits per heavy atom. The van der Waals surface area contributed by atoms with E-state index >= 15 is 0 Å². The summed E-state index contributed by atoms with van der Waals surface area (Å²) in [5, 5.41) is 10.9. The zero-order valence-corrected chi connectivity index (χ0v) is 12.5. The summed E-state index contributed by atoms with van der Waals surface area (Å²) in [6.07, 6.45) is 1.89. The maximum atomic E-state index is 12.9. The van der Waals surface area contributed by atoms with Gasteiger partial charge in [0.15, 0.2) is 5.82 Å². The number of nitrogens with zero attached hydrogens (tertiary/aromatic N) is 3. The SMILES string of the molecule is CC[C@]1(c2ccc(Cl)cc2)NC(=O)N(c2cccnn2)C1=O. The van der Waals surface area contributed by atoms with E-state index in [9.17, 15) is 9.59 Å². The number of carbonyl (C=O) groups is 2. The summed E-state index contributed by atoms with van der Waals surface area (Å²) in [7, 11) is 0. The number of amides is 3. The first kappa shape index (κ1) is 14.5. The lowest BCUT2D eigenvalue weighted by Gasteiger charge is -2.25. The number of nitrogens with one attached hydrogen (secondary N) is 1. The second-order valence-electron chi connectivity index (χ2n) is 4.92. The van der Waals surface area contributed by atoms with Crippen molar-refractivity contribution in [3.63, 3.8) is 0 Å². The van der Waals surface area contributed by atoms with Gasteiger partial charge in [-0.1, -0.05) is 30.7 Å². The fraction of sp³-hybridized carbons (Fsp3) is 0.200. The Kier molecular flexibility index (Phi) is 3.54. The lowest BCUT2D eigenvalue weighted by atomic mass is 9.87. The zero-order valence-electron chi connectivity index (χ0n) is 11.8. The van der Waals surface area contributed by atoms with Crippen molar-refractivity contribution in [1.29, 1.82) is 0 Å². The summed E-state index contributed by atoms with van der Waals surface area (Å²) in [6, 6.07) is 9.54. The molecule has 0 unspecified atom stereocenters. The number of hydrogen-bond acceptors (Lipinski definition) is 4. The molecule has 3 amide bonds. The van der Waals surface area contributed by atoms with E-state index in [4.69, 9.17) is 11.6 Å². The summed E-state index contributed by atoms with van der Waals surface area (Å²) >= 11 is 5.90. The molecule has 1 fully saturated rings. The van der Waals surface area contributed by atoms with E-state index < -0.39 is 11.6 Å². The standard InChI is InChI=1S/C15H13ClN4O2/c1-2-15(10-5-7-11(16)8-6-10)13(21)20(14(22)18-15)12-4-3-9-17-19-12/h3-9H,2H2,1H3,(H,18,22)/t15-/m1/s1. The summed E-state index contributed by atoms with van der Waals surface area (Å²) in [5.74, 6) is -0.169. The van der Waals surface area contributed by atoms with Crippen molar-refractivity contribution in [1.82, 2.24) is 15.5 Å². The van der Waals surface area contributed by atoms with Gasteiger partial charge >= 0.3 is 6.03 Å². The molecule has 2 aromatic rings. The first-order valence-corrected chi connectivity index (χ1v) is 7.17. The van der Waals surface area contributed by atoms with Crippen LogP contribution in [0.3, 0.4) is 0 Å². The molecule has 1 N–H and O–H groups in total. The Morgan fingerprint density at radius 1 is 1.23 bits per heavy atom. The smallest absolute Gasteiger partial charge is 0.319 e. The average molecular weight is 317 g/mol. The second kappa shape index (κ2) is 5.38. The van der Waals surface area contributed by atoms with E-state index in [-0.39, 0.29) is 11.7 Å². The van der Waals surface area contributed by atoms with Crippen molar-refractivity contribution >= 4 is 29.4 Å². The van der Waals surface area contributed by atoms with E-state index in [1.165, 1.54) is 6.20 Å². The van der Waals surface area contributed by atoms with Crippen LogP contribution in [0.2, 0.25) is 5.02 Å². The lowest BCUT2D eigenvalue weighted by Crippen LogP contribution is -2.43. The van der Waals surface area contributed by atoms with Gasteiger partial charge in [0.2, 0.25) is 0 Å². The second-order valence-corrected chi connectivity index (χ2v) is 5.35. The van der Waals surface area contributed by atoms with Gasteiger partial charge in [0.1, 0.15) is 5.54 Å². The van der Waals surface area contributed by atoms with Crippen LogP contribution in [0.4, 0.5) is 10.6 Å². The minimum Gasteiger partial charge on any atom is -0.319 e. The van der Waals surface area contributed by atoms with Crippen LogP contribution < -0.4 is 10.2 Å². The molecule has 0 aliphatic carbocycles. The molecule has 0 bridgehead atoms. The predicted octanol–water partition coefficient (Wildman–Crippen LogP) is 2.49. The fourth-order valence-corrected chi connectivity index (χ4v) is 2.70. The zero-order chi connectivity index (χ0) is 15.7. The molecule has 0 radical (unpaired) electrons. The molecule has 1 aliphatic rings. The minimum absolute atomic E-state index is 0.203. The van der Waals surface area contributed by atoms with Gasteiger partial charge in [0, 0.05) is 11.2 Å². The summed E-state index contributed by atoms with van der Waals surface area (Å²) in [5.41, 5.74) is -0.428. The quantitative estimate of drug-likeness (QED) is 0.883. The number of imide groups is 1. The summed E-state index contributed by atoms with van der Waals surface area (Å²) < 4.78 is 0. The number of carbonyl (C=O) groups excluding carboxylic acids is 2. The van der Waals surface area contributed by atoms with Gasteiger partial charge in [-0.25, -0.2) is 9.69 Å². The van der Waals surface area contributed by atoms with Crippen LogP contribution in [0, 0.1) is 0 Å². The topological polar surface area (TPSA) is 75.2 Å². The summed E-state index contributed by atoms with van der Waals surface area (Å²) in [4.78, 5) is 26.2. The molecule has 7 heteroatoms. The Bertz CT molecular complexity index is 720. The number of halogens is 1. The van der Waals surface area contributed by atoms with Crippen molar-refractivity contribution in [2.75, 3.05) is 4.90 Å². The third-order valence-corrected chi connectivity index (χ3v) is 4.00. The number of aromatic nitrogens is 2. The van der Waals surface area contributed by atoms with Gasteiger partial charge in [-0.15, -0.1) is 5.10 Å². The van der Waals surface area contributed by atoms with Gasteiger partial charge in [-0.3, -0.25) is 4.79 Å². The number of rotatable bonds is 3. The molecule has 0 saturated carbocycles. The molecule has 1 aromatic heterocycles. The molecule has 1 saturated heterocycles. The Hall–Kier alpha value is -2.47. The van der Waals surface area contributed by atoms with Crippen LogP contribution in [-0.4, -0.2) is 22.1 Å². The molecule has 1 aromatic carbocycles. The molecule has 1 aliphatic heterocycles. The number of anilines is 1. The van der Waals surface area contributed by atoms with E-state index in [0.29, 0.717) is 17.0 Å². The molecule has 0 spiro atoms. The first-order valence-electron chi connectivity index (χ1n) is 6.79.